The Kier molecular flexibility index (Phi) is 6.31. The Bertz CT molecular complexity index is 574. The van der Waals surface area contributed by atoms with Gasteiger partial charge in [-0.1, -0.05) is 43.2 Å². The summed E-state index contributed by atoms with van der Waals surface area (Å²) >= 11 is 0. The summed E-state index contributed by atoms with van der Waals surface area (Å²) in [6.45, 7) is 1.32. The van der Waals surface area contributed by atoms with Crippen LogP contribution < -0.4 is 16.0 Å². The van der Waals surface area contributed by atoms with Gasteiger partial charge in [-0.05, 0) is 24.9 Å². The number of hydrogen-bond donors (Lipinski definition) is 3. The molecule has 1 heterocycles. The molecule has 2 aliphatic rings. The molecule has 1 saturated carbocycles. The van der Waals surface area contributed by atoms with Gasteiger partial charge in [-0.25, -0.2) is 4.79 Å². The fraction of sp³-hybridized carbons (Fsp3) is 0.471. The number of carbonyl (C=O) groups excluding carboxylic acids is 3. The molecule has 1 aliphatic heterocycles. The van der Waals surface area contributed by atoms with Gasteiger partial charge in [-0.3, -0.25) is 14.9 Å². The Morgan fingerprint density at radius 2 is 2.00 bits per heavy atom. The van der Waals surface area contributed by atoms with Gasteiger partial charge in [0, 0.05) is 6.54 Å². The predicted molar refractivity (Wildman–Crippen MR) is 88.0 cm³/mol. The van der Waals surface area contributed by atoms with Crippen molar-refractivity contribution in [2.75, 3.05) is 13.6 Å². The van der Waals surface area contributed by atoms with Gasteiger partial charge >= 0.3 is 6.03 Å². The normalized spacial score (nSPS) is 22.0. The van der Waals surface area contributed by atoms with Crippen molar-refractivity contribution in [3.05, 3.63) is 35.9 Å². The van der Waals surface area contributed by atoms with E-state index in [2.05, 4.69) is 20.7 Å². The minimum Gasteiger partial charge on any atom is -0.463 e. The van der Waals surface area contributed by atoms with Crippen LogP contribution in [0.4, 0.5) is 4.79 Å². The molecule has 1 aliphatic carbocycles. The largest absolute Gasteiger partial charge is 0.463 e. The van der Waals surface area contributed by atoms with E-state index in [4.69, 9.17) is 0 Å². The average Bonchev–Trinajstić information content (AvgIpc) is 3.33. The molecule has 1 aromatic rings. The summed E-state index contributed by atoms with van der Waals surface area (Å²) in [4.78, 5) is 32.5. The van der Waals surface area contributed by atoms with Crippen LogP contribution in [0.25, 0.3) is 0 Å². The van der Waals surface area contributed by atoms with Gasteiger partial charge in [0.15, 0.2) is 0 Å². The number of benzene rings is 1. The number of urea groups is 1. The van der Waals surface area contributed by atoms with E-state index in [1.807, 2.05) is 30.3 Å². The second-order valence-corrected chi connectivity index (χ2v) is 6.06. The zero-order valence-corrected chi connectivity index (χ0v) is 13.7. The lowest BCUT2D eigenvalue weighted by Crippen LogP contribution is -2.54. The van der Waals surface area contributed by atoms with Gasteiger partial charge < -0.3 is 15.4 Å². The fourth-order valence-corrected chi connectivity index (χ4v) is 2.69. The minimum atomic E-state index is -0.701. The minimum absolute atomic E-state index is 0.191. The molecule has 1 saturated heterocycles. The van der Waals surface area contributed by atoms with Crippen LogP contribution in [0.15, 0.2) is 30.3 Å². The van der Waals surface area contributed by atoms with E-state index >= 15 is 0 Å². The van der Waals surface area contributed by atoms with Gasteiger partial charge in [-0.2, -0.15) is 0 Å². The first-order chi connectivity index (χ1) is 11.6. The molecule has 3 N–H and O–H groups in total. The summed E-state index contributed by atoms with van der Waals surface area (Å²) in [6.07, 6.45) is 3.11. The molecule has 0 aromatic heterocycles. The maximum Gasteiger partial charge on any atom is 0.322 e. The van der Waals surface area contributed by atoms with E-state index in [-0.39, 0.29) is 11.9 Å². The Hall–Kier alpha value is -2.41. The van der Waals surface area contributed by atoms with Gasteiger partial charge in [0.25, 0.3) is 12.4 Å². The lowest BCUT2D eigenvalue weighted by molar-refractivity contribution is -0.129. The third-order valence-electron chi connectivity index (χ3n) is 3.99. The summed E-state index contributed by atoms with van der Waals surface area (Å²) in [5.74, 6) is 0.413. The third-order valence-corrected chi connectivity index (χ3v) is 3.99. The van der Waals surface area contributed by atoms with Crippen LogP contribution >= 0.6 is 0 Å². The highest BCUT2D eigenvalue weighted by molar-refractivity contribution is 6.07. The lowest BCUT2D eigenvalue weighted by atomic mass is 9.92. The molecule has 1 aromatic carbocycles. The first-order valence-corrected chi connectivity index (χ1v) is 7.97. The van der Waals surface area contributed by atoms with Crippen LogP contribution in [0.3, 0.4) is 0 Å². The third kappa shape index (κ3) is 5.06. The molecule has 7 heteroatoms. The Morgan fingerprint density at radius 1 is 1.29 bits per heavy atom. The highest BCUT2D eigenvalue weighted by Crippen LogP contribution is 2.37. The van der Waals surface area contributed by atoms with Crippen molar-refractivity contribution in [1.29, 1.82) is 0 Å². The number of amides is 3. The summed E-state index contributed by atoms with van der Waals surface area (Å²) in [5, 5.41) is 7.98. The zero-order chi connectivity index (χ0) is 17.4. The van der Waals surface area contributed by atoms with Gasteiger partial charge in [-0.15, -0.1) is 0 Å². The SMILES string of the molecule is CNCC1(CC2CC2)NC(=O)NC1=O.O=COCc1ccccc1. The van der Waals surface area contributed by atoms with Gasteiger partial charge in [0.05, 0.1) is 0 Å². The van der Waals surface area contributed by atoms with E-state index < -0.39 is 5.54 Å². The van der Waals surface area contributed by atoms with Crippen molar-refractivity contribution in [1.82, 2.24) is 16.0 Å². The predicted octanol–water partition coefficient (Wildman–Crippen LogP) is 0.944. The number of carbonyl (C=O) groups is 3. The van der Waals surface area contributed by atoms with Crippen LogP contribution in [0.1, 0.15) is 24.8 Å². The number of likely N-dealkylation sites (N-methyl/N-ethyl adjacent to an activating group) is 1. The van der Waals surface area contributed by atoms with Gasteiger partial charge in [0.1, 0.15) is 12.1 Å². The molecule has 0 radical (unpaired) electrons. The summed E-state index contributed by atoms with van der Waals surface area (Å²) in [6, 6.07) is 9.18. The molecule has 0 bridgehead atoms. The molecule has 130 valence electrons. The second-order valence-electron chi connectivity index (χ2n) is 6.06. The highest BCUT2D eigenvalue weighted by atomic mass is 16.5. The number of hydrogen-bond acceptors (Lipinski definition) is 5. The monoisotopic (exact) mass is 333 g/mol. The summed E-state index contributed by atoms with van der Waals surface area (Å²) < 4.78 is 4.54. The molecule has 1 atom stereocenters. The quantitative estimate of drug-likeness (QED) is 0.510. The summed E-state index contributed by atoms with van der Waals surface area (Å²) in [5.41, 5.74) is 0.308. The molecule has 3 rings (SSSR count). The second kappa shape index (κ2) is 8.44. The lowest BCUT2D eigenvalue weighted by Gasteiger charge is -2.25. The van der Waals surface area contributed by atoms with Crippen molar-refractivity contribution in [3.63, 3.8) is 0 Å². The Labute approximate surface area is 141 Å². The highest BCUT2D eigenvalue weighted by Gasteiger charge is 2.48. The molecule has 7 nitrogen and oxygen atoms in total. The number of ether oxygens (including phenoxy) is 1. The van der Waals surface area contributed by atoms with Crippen molar-refractivity contribution in [2.45, 2.75) is 31.4 Å². The fourth-order valence-electron chi connectivity index (χ4n) is 2.69. The Balaban J connectivity index is 0.000000185. The first-order valence-electron chi connectivity index (χ1n) is 7.97. The maximum atomic E-state index is 11.6. The first kappa shape index (κ1) is 17.9. The van der Waals surface area contributed by atoms with Crippen molar-refractivity contribution in [2.24, 2.45) is 5.92 Å². The molecular weight excluding hydrogens is 310 g/mol. The smallest absolute Gasteiger partial charge is 0.322 e. The standard InChI is InChI=1S/C9H15N3O2.C8H8O2/c1-10-5-9(4-6-2-3-6)7(13)11-8(14)12-9;9-7-10-6-8-4-2-1-3-5-8/h6,10H,2-5H2,1H3,(H2,11,12,13,14);1-5,7H,6H2. The van der Waals surface area contributed by atoms with E-state index in [0.29, 0.717) is 25.5 Å². The molecular formula is C17H23N3O4. The zero-order valence-electron chi connectivity index (χ0n) is 13.7. The van der Waals surface area contributed by atoms with E-state index in [1.54, 1.807) is 7.05 Å². The number of nitrogens with one attached hydrogen (secondary N) is 3. The molecule has 24 heavy (non-hydrogen) atoms. The van der Waals surface area contributed by atoms with Crippen LogP contribution in [-0.2, 0) is 20.9 Å². The maximum absolute atomic E-state index is 11.6. The number of rotatable bonds is 7. The van der Waals surface area contributed by atoms with Crippen LogP contribution in [0.5, 0.6) is 0 Å². The Morgan fingerprint density at radius 3 is 2.50 bits per heavy atom. The van der Waals surface area contributed by atoms with Crippen LogP contribution in [-0.4, -0.2) is 37.5 Å². The van der Waals surface area contributed by atoms with E-state index in [1.165, 1.54) is 12.8 Å². The van der Waals surface area contributed by atoms with Crippen molar-refractivity contribution < 1.29 is 19.1 Å². The van der Waals surface area contributed by atoms with Gasteiger partial charge in [0.2, 0.25) is 0 Å². The molecule has 0 spiro atoms. The molecule has 1 unspecified atom stereocenters. The summed E-state index contributed by atoms with van der Waals surface area (Å²) in [7, 11) is 1.78. The van der Waals surface area contributed by atoms with Crippen LogP contribution in [0, 0.1) is 5.92 Å². The van der Waals surface area contributed by atoms with Crippen molar-refractivity contribution >= 4 is 18.4 Å². The average molecular weight is 333 g/mol. The molecule has 2 fully saturated rings. The van der Waals surface area contributed by atoms with E-state index in [9.17, 15) is 14.4 Å². The number of imide groups is 1. The van der Waals surface area contributed by atoms with Crippen molar-refractivity contribution in [3.8, 4) is 0 Å². The van der Waals surface area contributed by atoms with E-state index in [0.717, 1.165) is 12.0 Å². The van der Waals surface area contributed by atoms with Crippen LogP contribution in [0.2, 0.25) is 0 Å². The molecule has 3 amide bonds. The topological polar surface area (TPSA) is 96.5 Å².